The first-order chi connectivity index (χ1) is 8.47. The molecule has 1 N–H and O–H groups in total. The fourth-order valence-corrected chi connectivity index (χ4v) is 2.10. The second kappa shape index (κ2) is 5.21. The average molecular weight is 285 g/mol. The van der Waals surface area contributed by atoms with E-state index >= 15 is 0 Å². The summed E-state index contributed by atoms with van der Waals surface area (Å²) in [5.41, 5.74) is 1.51. The fraction of sp³-hybridized carbons (Fsp3) is 0.308. The molecule has 96 valence electrons. The largest absolute Gasteiger partial charge is 0.295 e. The van der Waals surface area contributed by atoms with Crippen molar-refractivity contribution in [2.75, 3.05) is 0 Å². The van der Waals surface area contributed by atoms with Gasteiger partial charge in [-0.1, -0.05) is 37.0 Å². The zero-order valence-corrected chi connectivity index (χ0v) is 11.7. The summed E-state index contributed by atoms with van der Waals surface area (Å²) in [6.45, 7) is 4.21. The molecule has 0 aliphatic heterocycles. The Balaban J connectivity index is 2.41. The lowest BCUT2D eigenvalue weighted by molar-refractivity contribution is 0.628. The second-order valence-corrected chi connectivity index (χ2v) is 5.47. The number of nitrogens with zero attached hydrogens (tertiary/aromatic N) is 1. The quantitative estimate of drug-likeness (QED) is 0.918. The highest BCUT2D eigenvalue weighted by molar-refractivity contribution is 6.42. The first-order valence-corrected chi connectivity index (χ1v) is 6.49. The molecule has 1 aromatic carbocycles. The van der Waals surface area contributed by atoms with Gasteiger partial charge in [0.15, 0.2) is 0 Å². The third-order valence-electron chi connectivity index (χ3n) is 2.56. The average Bonchev–Trinajstić information content (AvgIpc) is 2.62. The summed E-state index contributed by atoms with van der Waals surface area (Å²) in [4.78, 5) is 11.9. The van der Waals surface area contributed by atoms with Crippen LogP contribution < -0.4 is 5.56 Å². The number of aromatic amines is 1. The van der Waals surface area contributed by atoms with E-state index in [-0.39, 0.29) is 5.56 Å². The van der Waals surface area contributed by atoms with Gasteiger partial charge < -0.3 is 0 Å². The fourth-order valence-electron chi connectivity index (χ4n) is 1.80. The van der Waals surface area contributed by atoms with Gasteiger partial charge in [-0.2, -0.15) is 0 Å². The molecular weight excluding hydrogens is 271 g/mol. The van der Waals surface area contributed by atoms with Gasteiger partial charge in [-0.3, -0.25) is 9.89 Å². The van der Waals surface area contributed by atoms with E-state index in [0.717, 1.165) is 12.1 Å². The molecule has 0 unspecified atom stereocenters. The van der Waals surface area contributed by atoms with E-state index in [1.807, 2.05) is 0 Å². The minimum Gasteiger partial charge on any atom is -0.295 e. The lowest BCUT2D eigenvalue weighted by Crippen LogP contribution is -2.13. The predicted octanol–water partition coefficient (Wildman–Crippen LogP) is 3.67. The maximum atomic E-state index is 11.9. The summed E-state index contributed by atoms with van der Waals surface area (Å²) in [5.74, 6) is 0.491. The van der Waals surface area contributed by atoms with Crippen molar-refractivity contribution in [2.24, 2.45) is 5.92 Å². The molecule has 0 saturated carbocycles. The van der Waals surface area contributed by atoms with Gasteiger partial charge in [0.1, 0.15) is 0 Å². The minimum atomic E-state index is -0.0935. The summed E-state index contributed by atoms with van der Waals surface area (Å²) < 4.78 is 1.47. The van der Waals surface area contributed by atoms with Crippen LogP contribution >= 0.6 is 23.2 Å². The number of H-pyrrole nitrogens is 1. The van der Waals surface area contributed by atoms with Gasteiger partial charge in [0, 0.05) is 11.8 Å². The molecule has 0 radical (unpaired) electrons. The summed E-state index contributed by atoms with van der Waals surface area (Å²) >= 11 is 11.8. The molecule has 0 spiro atoms. The molecule has 5 heteroatoms. The van der Waals surface area contributed by atoms with Crippen molar-refractivity contribution in [2.45, 2.75) is 20.3 Å². The van der Waals surface area contributed by atoms with Crippen LogP contribution in [0.15, 0.2) is 29.1 Å². The van der Waals surface area contributed by atoms with Gasteiger partial charge in [0.05, 0.1) is 15.7 Å². The molecule has 1 aromatic heterocycles. The topological polar surface area (TPSA) is 37.8 Å². The number of benzene rings is 1. The normalized spacial score (nSPS) is 11.2. The SMILES string of the molecule is CC(C)Cc1cc(=O)n(-c2ccc(Cl)c(Cl)c2)[nH]1. The van der Waals surface area contributed by atoms with Gasteiger partial charge in [-0.05, 0) is 30.5 Å². The Morgan fingerprint density at radius 1 is 1.22 bits per heavy atom. The van der Waals surface area contributed by atoms with Crippen molar-refractivity contribution in [1.29, 1.82) is 0 Å². The third kappa shape index (κ3) is 2.79. The molecule has 0 aliphatic rings. The Hall–Kier alpha value is -1.19. The second-order valence-electron chi connectivity index (χ2n) is 4.65. The van der Waals surface area contributed by atoms with Crippen LogP contribution in [-0.4, -0.2) is 9.78 Å². The number of hydrogen-bond acceptors (Lipinski definition) is 1. The van der Waals surface area contributed by atoms with E-state index in [0.29, 0.717) is 21.7 Å². The molecule has 0 saturated heterocycles. The first kappa shape index (κ1) is 13.2. The molecule has 2 aromatic rings. The zero-order valence-electron chi connectivity index (χ0n) is 10.2. The predicted molar refractivity (Wildman–Crippen MR) is 75.0 cm³/mol. The van der Waals surface area contributed by atoms with Crippen molar-refractivity contribution < 1.29 is 0 Å². The van der Waals surface area contributed by atoms with Gasteiger partial charge >= 0.3 is 0 Å². The van der Waals surface area contributed by atoms with Gasteiger partial charge in [0.25, 0.3) is 5.56 Å². The lowest BCUT2D eigenvalue weighted by Gasteiger charge is -2.05. The van der Waals surface area contributed by atoms with E-state index in [9.17, 15) is 4.79 Å². The number of hydrogen-bond donors (Lipinski definition) is 1. The molecule has 0 aliphatic carbocycles. The van der Waals surface area contributed by atoms with Crippen LogP contribution in [0.1, 0.15) is 19.5 Å². The summed E-state index contributed by atoms with van der Waals surface area (Å²) in [6.07, 6.45) is 0.837. The summed E-state index contributed by atoms with van der Waals surface area (Å²) in [5, 5.41) is 3.98. The Morgan fingerprint density at radius 3 is 2.56 bits per heavy atom. The standard InChI is InChI=1S/C13H14Cl2N2O/c1-8(2)5-9-6-13(18)17(16-9)10-3-4-11(14)12(15)7-10/h3-4,6-8,16H,5H2,1-2H3. The third-order valence-corrected chi connectivity index (χ3v) is 3.30. The summed E-state index contributed by atoms with van der Waals surface area (Å²) in [6, 6.07) is 6.71. The number of halogens is 2. The lowest BCUT2D eigenvalue weighted by atomic mass is 10.1. The van der Waals surface area contributed by atoms with Crippen LogP contribution in [0.3, 0.4) is 0 Å². The molecule has 2 rings (SSSR count). The molecule has 18 heavy (non-hydrogen) atoms. The Bertz CT molecular complexity index is 614. The monoisotopic (exact) mass is 284 g/mol. The van der Waals surface area contributed by atoms with E-state index in [4.69, 9.17) is 23.2 Å². The highest BCUT2D eigenvalue weighted by Gasteiger charge is 2.08. The molecule has 0 atom stereocenters. The van der Waals surface area contributed by atoms with Crippen LogP contribution in [0.2, 0.25) is 10.0 Å². The van der Waals surface area contributed by atoms with Crippen LogP contribution in [0.4, 0.5) is 0 Å². The number of rotatable bonds is 3. The van der Waals surface area contributed by atoms with E-state index in [2.05, 4.69) is 18.9 Å². The molecule has 3 nitrogen and oxygen atoms in total. The maximum absolute atomic E-state index is 11.9. The van der Waals surface area contributed by atoms with Crippen LogP contribution in [0.25, 0.3) is 5.69 Å². The Morgan fingerprint density at radius 2 is 1.94 bits per heavy atom. The van der Waals surface area contributed by atoms with E-state index < -0.39 is 0 Å². The van der Waals surface area contributed by atoms with Crippen molar-refractivity contribution in [3.05, 3.63) is 50.4 Å². The zero-order chi connectivity index (χ0) is 13.3. The molecule has 0 fully saturated rings. The highest BCUT2D eigenvalue weighted by Crippen LogP contribution is 2.23. The Labute approximate surface area is 115 Å². The Kier molecular flexibility index (Phi) is 3.83. The van der Waals surface area contributed by atoms with Crippen LogP contribution in [0, 0.1) is 5.92 Å². The minimum absolute atomic E-state index is 0.0935. The van der Waals surface area contributed by atoms with Crippen LogP contribution in [-0.2, 0) is 6.42 Å². The van der Waals surface area contributed by atoms with Gasteiger partial charge in [-0.25, -0.2) is 4.68 Å². The van der Waals surface area contributed by atoms with Crippen LogP contribution in [0.5, 0.6) is 0 Å². The summed E-state index contributed by atoms with van der Waals surface area (Å²) in [7, 11) is 0. The number of aromatic nitrogens is 2. The van der Waals surface area contributed by atoms with E-state index in [1.165, 1.54) is 4.68 Å². The van der Waals surface area contributed by atoms with Crippen molar-refractivity contribution in [3.8, 4) is 5.69 Å². The highest BCUT2D eigenvalue weighted by atomic mass is 35.5. The molecule has 1 heterocycles. The molecular formula is C13H14Cl2N2O. The first-order valence-electron chi connectivity index (χ1n) is 5.73. The number of nitrogens with one attached hydrogen (secondary N) is 1. The molecule has 0 bridgehead atoms. The maximum Gasteiger partial charge on any atom is 0.271 e. The van der Waals surface area contributed by atoms with Gasteiger partial charge in [-0.15, -0.1) is 0 Å². The van der Waals surface area contributed by atoms with E-state index in [1.54, 1.807) is 24.3 Å². The van der Waals surface area contributed by atoms with Crippen molar-refractivity contribution in [1.82, 2.24) is 9.78 Å². The van der Waals surface area contributed by atoms with Crippen molar-refractivity contribution >= 4 is 23.2 Å². The molecule has 0 amide bonds. The smallest absolute Gasteiger partial charge is 0.271 e. The van der Waals surface area contributed by atoms with Crippen molar-refractivity contribution in [3.63, 3.8) is 0 Å². The van der Waals surface area contributed by atoms with Gasteiger partial charge in [0.2, 0.25) is 0 Å².